The molecule has 2 atom stereocenters. The Kier molecular flexibility index (Phi) is 9.54. The van der Waals surface area contributed by atoms with Crippen LogP contribution in [-0.2, 0) is 11.3 Å². The number of amides is 1. The van der Waals surface area contributed by atoms with Gasteiger partial charge in [-0.3, -0.25) is 9.69 Å². The quantitative estimate of drug-likeness (QED) is 0.775. The summed E-state index contributed by atoms with van der Waals surface area (Å²) in [6.07, 6.45) is 2.56. The maximum absolute atomic E-state index is 12.3. The van der Waals surface area contributed by atoms with Crippen LogP contribution < -0.4 is 11.1 Å². The van der Waals surface area contributed by atoms with E-state index in [0.717, 1.165) is 36.8 Å². The molecule has 2 unspecified atom stereocenters. The van der Waals surface area contributed by atoms with Crippen LogP contribution in [0.2, 0.25) is 0 Å². The topological polar surface area (TPSA) is 71.2 Å². The van der Waals surface area contributed by atoms with Crippen LogP contribution in [0.25, 0.3) is 0 Å². The second-order valence-corrected chi connectivity index (χ2v) is 7.36. The lowest BCUT2D eigenvalue weighted by Crippen LogP contribution is -2.33. The second kappa shape index (κ2) is 10.8. The lowest BCUT2D eigenvalue weighted by molar-refractivity contribution is -0.117. The van der Waals surface area contributed by atoms with Crippen molar-refractivity contribution >= 4 is 47.2 Å². The van der Waals surface area contributed by atoms with Gasteiger partial charge in [0.05, 0.1) is 5.69 Å². The molecule has 0 radical (unpaired) electrons. The van der Waals surface area contributed by atoms with Crippen molar-refractivity contribution in [3.8, 4) is 0 Å². The predicted octanol–water partition coefficient (Wildman–Crippen LogP) is 3.86. The van der Waals surface area contributed by atoms with Gasteiger partial charge < -0.3 is 11.1 Å². The minimum absolute atomic E-state index is 0. The SMILES string of the molecule is CC1CCCN(Cc2csc(NC(=O)C(N)c3ccccc3)n2)C1.Cl.Cl. The van der Waals surface area contributed by atoms with Crippen LogP contribution in [0.5, 0.6) is 0 Å². The molecule has 0 saturated carbocycles. The Morgan fingerprint density at radius 1 is 1.38 bits per heavy atom. The van der Waals surface area contributed by atoms with Gasteiger partial charge in [0.15, 0.2) is 5.13 Å². The molecular formula is C18H26Cl2N4OS. The molecule has 26 heavy (non-hydrogen) atoms. The molecule has 0 aliphatic carbocycles. The Hall–Kier alpha value is -1.18. The molecule has 2 heterocycles. The minimum Gasteiger partial charge on any atom is -0.316 e. The van der Waals surface area contributed by atoms with E-state index >= 15 is 0 Å². The molecule has 1 fully saturated rings. The Morgan fingerprint density at radius 3 is 2.81 bits per heavy atom. The van der Waals surface area contributed by atoms with Gasteiger partial charge in [0, 0.05) is 18.5 Å². The van der Waals surface area contributed by atoms with Gasteiger partial charge in [-0.1, -0.05) is 37.3 Å². The fraction of sp³-hybridized carbons (Fsp3) is 0.444. The molecule has 0 spiro atoms. The van der Waals surface area contributed by atoms with Crippen molar-refractivity contribution in [1.82, 2.24) is 9.88 Å². The monoisotopic (exact) mass is 416 g/mol. The van der Waals surface area contributed by atoms with Crippen molar-refractivity contribution in [3.05, 3.63) is 47.0 Å². The third kappa shape index (κ3) is 6.21. The number of aromatic nitrogens is 1. The maximum Gasteiger partial charge on any atom is 0.247 e. The number of benzene rings is 1. The highest BCUT2D eigenvalue weighted by Crippen LogP contribution is 2.21. The Morgan fingerprint density at radius 2 is 2.12 bits per heavy atom. The molecule has 2 aromatic rings. The molecule has 5 nitrogen and oxygen atoms in total. The van der Waals surface area contributed by atoms with Crippen LogP contribution in [0.15, 0.2) is 35.7 Å². The van der Waals surface area contributed by atoms with Crippen LogP contribution in [0.4, 0.5) is 5.13 Å². The summed E-state index contributed by atoms with van der Waals surface area (Å²) in [4.78, 5) is 19.2. The third-order valence-corrected chi connectivity index (χ3v) is 5.16. The van der Waals surface area contributed by atoms with Crippen LogP contribution in [0, 0.1) is 5.92 Å². The van der Waals surface area contributed by atoms with Crippen LogP contribution in [0.3, 0.4) is 0 Å². The summed E-state index contributed by atoms with van der Waals surface area (Å²) in [6.45, 7) is 5.39. The van der Waals surface area contributed by atoms with Gasteiger partial charge in [0.25, 0.3) is 0 Å². The first kappa shape index (κ1) is 22.9. The first-order valence-corrected chi connectivity index (χ1v) is 9.28. The van der Waals surface area contributed by atoms with Crippen LogP contribution in [-0.4, -0.2) is 28.9 Å². The highest BCUT2D eigenvalue weighted by molar-refractivity contribution is 7.13. The number of carbonyl (C=O) groups is 1. The summed E-state index contributed by atoms with van der Waals surface area (Å²) in [5.74, 6) is 0.522. The third-order valence-electron chi connectivity index (χ3n) is 4.35. The van der Waals surface area contributed by atoms with E-state index in [1.165, 1.54) is 24.2 Å². The average Bonchev–Trinajstić information content (AvgIpc) is 3.02. The zero-order valence-corrected chi connectivity index (χ0v) is 17.2. The largest absolute Gasteiger partial charge is 0.316 e. The van der Waals surface area contributed by atoms with E-state index in [9.17, 15) is 4.79 Å². The number of nitrogens with zero attached hydrogens (tertiary/aromatic N) is 2. The Balaban J connectivity index is 0.00000169. The summed E-state index contributed by atoms with van der Waals surface area (Å²) < 4.78 is 0. The van der Waals surface area contributed by atoms with Crippen molar-refractivity contribution in [1.29, 1.82) is 0 Å². The van der Waals surface area contributed by atoms with Crippen molar-refractivity contribution < 1.29 is 4.79 Å². The number of carbonyl (C=O) groups excluding carboxylic acids is 1. The average molecular weight is 417 g/mol. The number of piperidine rings is 1. The van der Waals surface area contributed by atoms with Gasteiger partial charge in [0.2, 0.25) is 5.91 Å². The molecule has 1 saturated heterocycles. The summed E-state index contributed by atoms with van der Waals surface area (Å²) >= 11 is 1.45. The number of hydrogen-bond acceptors (Lipinski definition) is 5. The van der Waals surface area contributed by atoms with Gasteiger partial charge in [-0.15, -0.1) is 36.2 Å². The standard InChI is InChI=1S/C18H24N4OS.2ClH/c1-13-6-5-9-22(10-13)11-15-12-24-18(20-15)21-17(23)16(19)14-7-3-2-4-8-14;;/h2-4,7-8,12-13,16H,5-6,9-11,19H2,1H3,(H,20,21,23);2*1H. The highest BCUT2D eigenvalue weighted by atomic mass is 35.5. The number of thiazole rings is 1. The van der Waals surface area contributed by atoms with Gasteiger partial charge in [-0.05, 0) is 30.9 Å². The number of rotatable bonds is 5. The number of anilines is 1. The van der Waals surface area contributed by atoms with Crippen LogP contribution >= 0.6 is 36.2 Å². The molecule has 3 N–H and O–H groups in total. The molecule has 144 valence electrons. The number of nitrogens with two attached hydrogens (primary N) is 1. The first-order valence-electron chi connectivity index (χ1n) is 8.40. The van der Waals surface area contributed by atoms with Crippen molar-refractivity contribution in [3.63, 3.8) is 0 Å². The zero-order valence-electron chi connectivity index (χ0n) is 14.8. The molecule has 1 aliphatic rings. The maximum atomic E-state index is 12.3. The molecule has 1 aromatic heterocycles. The fourth-order valence-electron chi connectivity index (χ4n) is 3.09. The van der Waals surface area contributed by atoms with E-state index in [-0.39, 0.29) is 30.7 Å². The van der Waals surface area contributed by atoms with E-state index in [1.54, 1.807) is 0 Å². The number of hydrogen-bond donors (Lipinski definition) is 2. The number of halogens is 2. The van der Waals surface area contributed by atoms with E-state index in [0.29, 0.717) is 5.13 Å². The molecule has 1 aliphatic heterocycles. The smallest absolute Gasteiger partial charge is 0.247 e. The van der Waals surface area contributed by atoms with E-state index in [2.05, 4.69) is 22.1 Å². The minimum atomic E-state index is -0.679. The molecular weight excluding hydrogens is 391 g/mol. The van der Waals surface area contributed by atoms with Gasteiger partial charge in [-0.2, -0.15) is 0 Å². The van der Waals surface area contributed by atoms with E-state index < -0.39 is 6.04 Å². The molecule has 1 amide bonds. The summed E-state index contributed by atoms with van der Waals surface area (Å²) in [5, 5.41) is 5.47. The first-order chi connectivity index (χ1) is 11.6. The molecule has 1 aromatic carbocycles. The fourth-order valence-corrected chi connectivity index (χ4v) is 3.80. The van der Waals surface area contributed by atoms with E-state index in [1.807, 2.05) is 35.7 Å². The lowest BCUT2D eigenvalue weighted by Gasteiger charge is -2.30. The summed E-state index contributed by atoms with van der Waals surface area (Å²) in [7, 11) is 0. The van der Waals surface area contributed by atoms with Crippen LogP contribution in [0.1, 0.15) is 37.1 Å². The lowest BCUT2D eigenvalue weighted by atomic mass is 10.0. The Bertz CT molecular complexity index is 683. The second-order valence-electron chi connectivity index (χ2n) is 6.50. The molecule has 8 heteroatoms. The number of nitrogens with one attached hydrogen (secondary N) is 1. The predicted molar refractivity (Wildman–Crippen MR) is 112 cm³/mol. The van der Waals surface area contributed by atoms with Crippen molar-refractivity contribution in [2.45, 2.75) is 32.4 Å². The zero-order chi connectivity index (χ0) is 16.9. The van der Waals surface area contributed by atoms with E-state index in [4.69, 9.17) is 5.73 Å². The number of likely N-dealkylation sites (tertiary alicyclic amines) is 1. The van der Waals surface area contributed by atoms with Crippen molar-refractivity contribution in [2.75, 3.05) is 18.4 Å². The Labute approximate surface area is 171 Å². The summed E-state index contributed by atoms with van der Waals surface area (Å²) in [6, 6.07) is 8.70. The molecule has 0 bridgehead atoms. The van der Waals surface area contributed by atoms with Gasteiger partial charge in [0.1, 0.15) is 6.04 Å². The molecule has 3 rings (SSSR count). The van der Waals surface area contributed by atoms with Crippen molar-refractivity contribution in [2.24, 2.45) is 11.7 Å². The summed E-state index contributed by atoms with van der Waals surface area (Å²) in [5.41, 5.74) is 7.83. The van der Waals surface area contributed by atoms with Gasteiger partial charge in [-0.25, -0.2) is 4.98 Å². The van der Waals surface area contributed by atoms with Gasteiger partial charge >= 0.3 is 0 Å². The highest BCUT2D eigenvalue weighted by Gasteiger charge is 2.19. The normalized spacial score (nSPS) is 18.3.